The molecular weight excluding hydrogens is 411 g/mol. The lowest BCUT2D eigenvalue weighted by Crippen LogP contribution is -2.27. The monoisotopic (exact) mass is 434 g/mol. The molecule has 0 atom stereocenters. The van der Waals surface area contributed by atoms with Gasteiger partial charge in [-0.1, -0.05) is 30.3 Å². The van der Waals surface area contributed by atoms with Crippen LogP contribution in [0.4, 0.5) is 10.2 Å². The van der Waals surface area contributed by atoms with Gasteiger partial charge in [0, 0.05) is 19.5 Å². The molecule has 0 radical (unpaired) electrons. The molecule has 0 saturated heterocycles. The number of methoxy groups -OCH3 is 1. The number of hydrogen-bond acceptors (Lipinski definition) is 6. The first kappa shape index (κ1) is 21.2. The first-order chi connectivity index (χ1) is 15.7. The predicted molar refractivity (Wildman–Crippen MR) is 118 cm³/mol. The number of carbonyl (C=O) groups is 1. The zero-order valence-corrected chi connectivity index (χ0v) is 17.6. The summed E-state index contributed by atoms with van der Waals surface area (Å²) in [7, 11) is 1.66. The molecule has 4 aromatic rings. The molecule has 0 bridgehead atoms. The number of fused-ring (bicyclic) bond motifs is 1. The van der Waals surface area contributed by atoms with Crippen molar-refractivity contribution in [2.45, 2.75) is 12.8 Å². The van der Waals surface area contributed by atoms with Crippen molar-refractivity contribution in [3.05, 3.63) is 83.4 Å². The summed E-state index contributed by atoms with van der Waals surface area (Å²) in [6.45, 7) is 0.954. The molecular formula is C23H23FN6O2. The number of anilines is 1. The minimum Gasteiger partial charge on any atom is -0.496 e. The zero-order chi connectivity index (χ0) is 22.3. The molecule has 164 valence electrons. The molecule has 2 aromatic heterocycles. The van der Waals surface area contributed by atoms with Crippen LogP contribution in [0.15, 0.2) is 60.7 Å². The maximum absolute atomic E-state index is 13.7. The van der Waals surface area contributed by atoms with Crippen LogP contribution in [0, 0.1) is 5.82 Å². The van der Waals surface area contributed by atoms with E-state index < -0.39 is 11.7 Å². The van der Waals surface area contributed by atoms with Crippen LogP contribution in [0.2, 0.25) is 0 Å². The Balaban J connectivity index is 1.36. The van der Waals surface area contributed by atoms with E-state index in [0.29, 0.717) is 30.3 Å². The van der Waals surface area contributed by atoms with E-state index in [1.165, 1.54) is 12.1 Å². The molecule has 0 aliphatic heterocycles. The number of nitrogens with zero attached hydrogens (tertiary/aromatic N) is 4. The van der Waals surface area contributed by atoms with Gasteiger partial charge in [-0.3, -0.25) is 4.79 Å². The molecule has 0 unspecified atom stereocenters. The van der Waals surface area contributed by atoms with Gasteiger partial charge in [0.05, 0.1) is 12.7 Å². The molecule has 2 aromatic carbocycles. The van der Waals surface area contributed by atoms with E-state index >= 15 is 0 Å². The molecule has 1 amide bonds. The fourth-order valence-corrected chi connectivity index (χ4v) is 3.35. The summed E-state index contributed by atoms with van der Waals surface area (Å²) in [6, 6.07) is 17.4. The maximum atomic E-state index is 13.7. The van der Waals surface area contributed by atoms with Crippen molar-refractivity contribution in [3.63, 3.8) is 0 Å². The SMILES string of the molecule is COc1ccccc1CCNc1ccc2nnc(CCNC(=O)c3ccccc3F)n2n1. The van der Waals surface area contributed by atoms with Gasteiger partial charge in [-0.15, -0.1) is 15.3 Å². The lowest BCUT2D eigenvalue weighted by atomic mass is 10.1. The molecule has 2 N–H and O–H groups in total. The predicted octanol–water partition coefficient (Wildman–Crippen LogP) is 2.90. The van der Waals surface area contributed by atoms with Gasteiger partial charge in [-0.25, -0.2) is 4.39 Å². The van der Waals surface area contributed by atoms with Crippen molar-refractivity contribution < 1.29 is 13.9 Å². The number of carbonyl (C=O) groups excluding carboxylic acids is 1. The first-order valence-electron chi connectivity index (χ1n) is 10.3. The number of aromatic nitrogens is 4. The van der Waals surface area contributed by atoms with Gasteiger partial charge in [0.2, 0.25) is 0 Å². The number of amides is 1. The Morgan fingerprint density at radius 1 is 1.00 bits per heavy atom. The molecule has 32 heavy (non-hydrogen) atoms. The standard InChI is InChI=1S/C23H23FN6O2/c1-32-19-9-5-2-6-16(19)12-14-25-20-10-11-21-27-28-22(30(21)29-20)13-15-26-23(31)17-7-3-4-8-18(17)24/h2-11H,12-15H2,1H3,(H,25,29)(H,26,31). The highest BCUT2D eigenvalue weighted by Crippen LogP contribution is 2.18. The number of halogens is 1. The van der Waals surface area contributed by atoms with Gasteiger partial charge >= 0.3 is 0 Å². The van der Waals surface area contributed by atoms with Crippen LogP contribution in [-0.4, -0.2) is 45.9 Å². The Labute approximate surface area is 184 Å². The average Bonchev–Trinajstić information content (AvgIpc) is 3.22. The second kappa shape index (κ2) is 9.86. The van der Waals surface area contributed by atoms with Crippen LogP contribution >= 0.6 is 0 Å². The molecule has 4 rings (SSSR count). The number of ether oxygens (including phenoxy) is 1. The minimum absolute atomic E-state index is 0.0123. The molecule has 0 fully saturated rings. The molecule has 0 aliphatic rings. The van der Waals surface area contributed by atoms with E-state index in [4.69, 9.17) is 4.74 Å². The second-order valence-electron chi connectivity index (χ2n) is 7.08. The van der Waals surface area contributed by atoms with E-state index in [1.807, 2.05) is 36.4 Å². The third-order valence-corrected chi connectivity index (χ3v) is 4.97. The number of rotatable bonds is 9. The normalized spacial score (nSPS) is 10.8. The van der Waals surface area contributed by atoms with E-state index in [9.17, 15) is 9.18 Å². The van der Waals surface area contributed by atoms with Crippen molar-refractivity contribution in [2.75, 3.05) is 25.5 Å². The van der Waals surface area contributed by atoms with Crippen LogP contribution in [0.25, 0.3) is 5.65 Å². The van der Waals surface area contributed by atoms with Crippen LogP contribution in [-0.2, 0) is 12.8 Å². The third kappa shape index (κ3) is 4.83. The number of benzene rings is 2. The van der Waals surface area contributed by atoms with E-state index in [0.717, 1.165) is 17.7 Å². The summed E-state index contributed by atoms with van der Waals surface area (Å²) in [5.74, 6) is 1.12. The fourth-order valence-electron chi connectivity index (χ4n) is 3.35. The highest BCUT2D eigenvalue weighted by atomic mass is 19.1. The summed E-state index contributed by atoms with van der Waals surface area (Å²) >= 11 is 0. The zero-order valence-electron chi connectivity index (χ0n) is 17.6. The molecule has 0 spiro atoms. The Bertz CT molecular complexity index is 1230. The van der Waals surface area contributed by atoms with Crippen LogP contribution in [0.3, 0.4) is 0 Å². The van der Waals surface area contributed by atoms with Crippen LogP contribution in [0.5, 0.6) is 5.75 Å². The van der Waals surface area contributed by atoms with E-state index in [2.05, 4.69) is 25.9 Å². The highest BCUT2D eigenvalue weighted by Gasteiger charge is 2.12. The van der Waals surface area contributed by atoms with Gasteiger partial charge in [0.25, 0.3) is 5.91 Å². The first-order valence-corrected chi connectivity index (χ1v) is 10.3. The van der Waals surface area contributed by atoms with E-state index in [1.54, 1.807) is 23.8 Å². The van der Waals surface area contributed by atoms with Crippen molar-refractivity contribution in [2.24, 2.45) is 0 Å². The summed E-state index contributed by atoms with van der Waals surface area (Å²) in [6.07, 6.45) is 1.18. The van der Waals surface area contributed by atoms with E-state index in [-0.39, 0.29) is 12.1 Å². The summed E-state index contributed by atoms with van der Waals surface area (Å²) < 4.78 is 20.8. The average molecular weight is 434 g/mol. The summed E-state index contributed by atoms with van der Waals surface area (Å²) in [5.41, 5.74) is 1.73. The van der Waals surface area contributed by atoms with Crippen LogP contribution < -0.4 is 15.4 Å². The van der Waals surface area contributed by atoms with Gasteiger partial charge < -0.3 is 15.4 Å². The molecule has 2 heterocycles. The van der Waals surface area contributed by atoms with Crippen molar-refractivity contribution >= 4 is 17.4 Å². The number of hydrogen-bond donors (Lipinski definition) is 2. The lowest BCUT2D eigenvalue weighted by Gasteiger charge is -2.09. The third-order valence-electron chi connectivity index (χ3n) is 4.97. The van der Waals surface area contributed by atoms with Gasteiger partial charge in [0.15, 0.2) is 11.5 Å². The Morgan fingerprint density at radius 3 is 2.66 bits per heavy atom. The van der Waals surface area contributed by atoms with Crippen molar-refractivity contribution in [1.82, 2.24) is 25.1 Å². The number of para-hydroxylation sites is 1. The van der Waals surface area contributed by atoms with Crippen LogP contribution in [0.1, 0.15) is 21.7 Å². The second-order valence-corrected chi connectivity index (χ2v) is 7.08. The van der Waals surface area contributed by atoms with Crippen molar-refractivity contribution in [3.8, 4) is 5.75 Å². The van der Waals surface area contributed by atoms with Gasteiger partial charge in [0.1, 0.15) is 17.4 Å². The molecule has 0 aliphatic carbocycles. The Hall–Kier alpha value is -4.01. The topological polar surface area (TPSA) is 93.4 Å². The Kier molecular flexibility index (Phi) is 6.54. The summed E-state index contributed by atoms with van der Waals surface area (Å²) in [4.78, 5) is 12.2. The maximum Gasteiger partial charge on any atom is 0.254 e. The smallest absolute Gasteiger partial charge is 0.254 e. The minimum atomic E-state index is -0.552. The largest absolute Gasteiger partial charge is 0.496 e. The molecule has 9 heteroatoms. The quantitative estimate of drug-likeness (QED) is 0.421. The molecule has 0 saturated carbocycles. The lowest BCUT2D eigenvalue weighted by molar-refractivity contribution is 0.0950. The number of nitrogens with one attached hydrogen (secondary N) is 2. The van der Waals surface area contributed by atoms with Gasteiger partial charge in [-0.05, 0) is 42.3 Å². The van der Waals surface area contributed by atoms with Gasteiger partial charge in [-0.2, -0.15) is 4.52 Å². The van der Waals surface area contributed by atoms with Crippen molar-refractivity contribution in [1.29, 1.82) is 0 Å². The summed E-state index contributed by atoms with van der Waals surface area (Å²) in [5, 5.41) is 18.8. The fraction of sp³-hybridized carbons (Fsp3) is 0.217. The highest BCUT2D eigenvalue weighted by molar-refractivity contribution is 5.94. The Morgan fingerprint density at radius 2 is 1.81 bits per heavy atom. The molecule has 8 nitrogen and oxygen atoms in total.